The number of aliphatic hydroxyl groups excluding tert-OH is 1. The van der Waals surface area contributed by atoms with Gasteiger partial charge in [-0.25, -0.2) is 0 Å². The first-order chi connectivity index (χ1) is 24.3. The number of rotatable bonds is 12. The summed E-state index contributed by atoms with van der Waals surface area (Å²) >= 11 is 1.45. The Labute approximate surface area is 293 Å². The van der Waals surface area contributed by atoms with E-state index < -0.39 is 24.5 Å². The summed E-state index contributed by atoms with van der Waals surface area (Å²) < 4.78 is 20.2. The third kappa shape index (κ3) is 8.37. The zero-order valence-corrected chi connectivity index (χ0v) is 28.3. The Bertz CT molecular complexity index is 1870. The fourth-order valence-corrected chi connectivity index (χ4v) is 6.72. The molecule has 4 aromatic carbocycles. The van der Waals surface area contributed by atoms with Crippen LogP contribution in [-0.4, -0.2) is 60.3 Å². The molecule has 0 spiro atoms. The van der Waals surface area contributed by atoms with Gasteiger partial charge in [-0.3, -0.25) is 9.59 Å². The van der Waals surface area contributed by atoms with Gasteiger partial charge in [-0.2, -0.15) is 4.68 Å². The van der Waals surface area contributed by atoms with Crippen molar-refractivity contribution in [3.05, 3.63) is 131 Å². The molecule has 1 amide bonds. The highest BCUT2D eigenvalue weighted by molar-refractivity contribution is 7.99. The first-order valence-corrected chi connectivity index (χ1v) is 17.1. The lowest BCUT2D eigenvalue weighted by molar-refractivity contribution is -0.255. The van der Waals surface area contributed by atoms with Crippen molar-refractivity contribution >= 4 is 23.6 Å². The highest BCUT2D eigenvalue weighted by Crippen LogP contribution is 2.48. The third-order valence-corrected chi connectivity index (χ3v) is 9.32. The van der Waals surface area contributed by atoms with Crippen LogP contribution in [0.15, 0.2) is 108 Å². The number of aromatic nitrogens is 4. The summed E-state index contributed by atoms with van der Waals surface area (Å²) in [6, 6.07) is 32.1. The van der Waals surface area contributed by atoms with Crippen molar-refractivity contribution in [1.29, 1.82) is 0 Å². The van der Waals surface area contributed by atoms with Gasteiger partial charge >= 0.3 is 5.97 Å². The number of carbonyl (C=O) groups is 2. The zero-order chi connectivity index (χ0) is 35.0. The quantitative estimate of drug-likeness (QED) is 0.117. The van der Waals surface area contributed by atoms with E-state index in [1.165, 1.54) is 25.6 Å². The lowest BCUT2D eigenvalue weighted by Gasteiger charge is -2.43. The number of ether oxygens (including phenoxy) is 3. The summed E-state index contributed by atoms with van der Waals surface area (Å²) in [5.41, 5.74) is 5.13. The number of esters is 1. The van der Waals surface area contributed by atoms with Crippen molar-refractivity contribution in [2.75, 3.05) is 5.75 Å². The molecule has 5 aromatic rings. The number of benzene rings is 4. The van der Waals surface area contributed by atoms with Crippen LogP contribution in [0.25, 0.3) is 5.69 Å². The first-order valence-electron chi connectivity index (χ1n) is 16.1. The molecule has 5 atom stereocenters. The van der Waals surface area contributed by atoms with Crippen LogP contribution in [0.3, 0.4) is 0 Å². The summed E-state index contributed by atoms with van der Waals surface area (Å²) in [4.78, 5) is 23.6. The van der Waals surface area contributed by atoms with E-state index in [4.69, 9.17) is 14.2 Å². The average Bonchev–Trinajstić information content (AvgIpc) is 3.62. The van der Waals surface area contributed by atoms with Gasteiger partial charge in [-0.15, -0.1) is 5.10 Å². The minimum Gasteiger partial charge on any atom is -0.508 e. The number of nitrogens with zero attached hydrogens (tertiary/aromatic N) is 4. The molecule has 1 aromatic heterocycles. The molecule has 2 heterocycles. The van der Waals surface area contributed by atoms with Gasteiger partial charge < -0.3 is 29.7 Å². The Kier molecular flexibility index (Phi) is 11.2. The molecule has 1 saturated heterocycles. The van der Waals surface area contributed by atoms with Crippen LogP contribution in [0.4, 0.5) is 0 Å². The summed E-state index contributed by atoms with van der Waals surface area (Å²) in [5.74, 6) is -0.496. The number of aromatic hydroxyl groups is 1. The second-order valence-electron chi connectivity index (χ2n) is 11.8. The van der Waals surface area contributed by atoms with Gasteiger partial charge in [0.25, 0.3) is 5.91 Å². The predicted molar refractivity (Wildman–Crippen MR) is 184 cm³/mol. The molecule has 0 bridgehead atoms. The minimum absolute atomic E-state index is 0.0653. The molecule has 1 aliphatic heterocycles. The highest BCUT2D eigenvalue weighted by atomic mass is 32.2. The Balaban J connectivity index is 1.28. The number of phenolic OH excluding ortho intramolecular Hbond substituents is 1. The van der Waals surface area contributed by atoms with Crippen molar-refractivity contribution < 1.29 is 34.0 Å². The molecule has 3 N–H and O–H groups in total. The van der Waals surface area contributed by atoms with E-state index in [9.17, 15) is 19.8 Å². The van der Waals surface area contributed by atoms with Crippen LogP contribution in [0, 0.1) is 0 Å². The number of amides is 1. The smallest absolute Gasteiger partial charge is 0.303 e. The van der Waals surface area contributed by atoms with Crippen LogP contribution in [0.2, 0.25) is 0 Å². The number of carbonyl (C=O) groups excluding carboxylic acids is 2. The van der Waals surface area contributed by atoms with Gasteiger partial charge in [0.1, 0.15) is 5.75 Å². The van der Waals surface area contributed by atoms with Crippen LogP contribution >= 0.6 is 11.8 Å². The summed E-state index contributed by atoms with van der Waals surface area (Å²) in [6.45, 7) is 2.97. The molecule has 6 rings (SSSR count). The van der Waals surface area contributed by atoms with Gasteiger partial charge in [0.15, 0.2) is 12.4 Å². The molecule has 13 heteroatoms. The number of phenols is 1. The topological polar surface area (TPSA) is 158 Å². The van der Waals surface area contributed by atoms with Gasteiger partial charge in [-0.1, -0.05) is 90.6 Å². The van der Waals surface area contributed by atoms with E-state index >= 15 is 0 Å². The molecule has 1 aliphatic rings. The molecule has 50 heavy (non-hydrogen) atoms. The fraction of sp³-hybridized carbons (Fsp3) is 0.270. The molecule has 0 saturated carbocycles. The molecule has 5 unspecified atom stereocenters. The molecule has 1 fully saturated rings. The monoisotopic (exact) mass is 695 g/mol. The lowest BCUT2D eigenvalue weighted by atomic mass is 9.84. The van der Waals surface area contributed by atoms with E-state index in [1.54, 1.807) is 28.9 Å². The van der Waals surface area contributed by atoms with Crippen LogP contribution in [0.1, 0.15) is 60.0 Å². The van der Waals surface area contributed by atoms with Crippen molar-refractivity contribution in [3.8, 4) is 11.4 Å². The number of tetrazole rings is 1. The molecule has 12 nitrogen and oxygen atoms in total. The molecule has 0 radical (unpaired) electrons. The van der Waals surface area contributed by atoms with E-state index in [0.29, 0.717) is 16.6 Å². The predicted octanol–water partition coefficient (Wildman–Crippen LogP) is 5.16. The minimum atomic E-state index is -0.891. The normalized spacial score (nSPS) is 19.4. The second-order valence-corrected chi connectivity index (χ2v) is 12.8. The highest BCUT2D eigenvalue weighted by Gasteiger charge is 2.42. The number of aliphatic hydroxyl groups is 1. The Morgan fingerprint density at radius 3 is 2.26 bits per heavy atom. The Morgan fingerprint density at radius 2 is 1.58 bits per heavy atom. The van der Waals surface area contributed by atoms with Crippen molar-refractivity contribution in [1.82, 2.24) is 25.5 Å². The summed E-state index contributed by atoms with van der Waals surface area (Å²) in [6.07, 6.45) is -2.40. The van der Waals surface area contributed by atoms with Gasteiger partial charge in [-0.05, 0) is 63.9 Å². The summed E-state index contributed by atoms with van der Waals surface area (Å²) in [5, 5.41) is 35.2. The van der Waals surface area contributed by atoms with E-state index in [1.807, 2.05) is 66.7 Å². The van der Waals surface area contributed by atoms with Gasteiger partial charge in [0.2, 0.25) is 5.16 Å². The maximum Gasteiger partial charge on any atom is 0.303 e. The first kappa shape index (κ1) is 34.8. The SMILES string of the molecule is CC(=O)OC(C)C(=O)NCc1ccc(C2OC(CSc3nnnn3-c3ccc(O)cc3)C(c3ccccc3)C(c3ccc(CO)cc3)O2)cc1. The van der Waals surface area contributed by atoms with Crippen molar-refractivity contribution in [3.63, 3.8) is 0 Å². The van der Waals surface area contributed by atoms with Crippen LogP contribution < -0.4 is 5.32 Å². The number of thioether (sulfide) groups is 1. The fourth-order valence-electron chi connectivity index (χ4n) is 5.76. The molecule has 258 valence electrons. The molecular weight excluding hydrogens is 659 g/mol. The average molecular weight is 696 g/mol. The van der Waals surface area contributed by atoms with Gasteiger partial charge in [0.05, 0.1) is 24.5 Å². The second kappa shape index (κ2) is 16.1. The third-order valence-electron chi connectivity index (χ3n) is 8.31. The maximum absolute atomic E-state index is 12.4. The van der Waals surface area contributed by atoms with E-state index in [2.05, 4.69) is 33.0 Å². The number of nitrogens with one attached hydrogen (secondary N) is 1. The van der Waals surface area contributed by atoms with Crippen molar-refractivity contribution in [2.45, 2.75) is 62.7 Å². The van der Waals surface area contributed by atoms with Crippen LogP contribution in [0.5, 0.6) is 5.75 Å². The standard InChI is InChI=1S/C37H37N5O7S/c1-23(47-24(2)44)35(46)38-20-25-8-14-29(15-9-25)36-48-32(22-50-37-39-40-41-42(37)30-16-18-31(45)19-17-30)33(27-6-4-3-5-7-27)34(49-36)28-12-10-26(21-43)11-13-28/h3-19,23,32-34,36,43,45H,20-22H2,1-2H3,(H,38,46). The Hall–Kier alpha value is -5.08. The van der Waals surface area contributed by atoms with E-state index in [0.717, 1.165) is 27.8 Å². The Morgan fingerprint density at radius 1 is 0.900 bits per heavy atom. The van der Waals surface area contributed by atoms with Crippen molar-refractivity contribution in [2.24, 2.45) is 0 Å². The molecular formula is C37H37N5O7S. The van der Waals surface area contributed by atoms with Gasteiger partial charge in [0, 0.05) is 30.7 Å². The number of hydrogen-bond donors (Lipinski definition) is 3. The largest absolute Gasteiger partial charge is 0.508 e. The number of hydrogen-bond acceptors (Lipinski definition) is 11. The molecule has 0 aliphatic carbocycles. The van der Waals surface area contributed by atoms with E-state index in [-0.39, 0.29) is 36.8 Å². The maximum atomic E-state index is 12.4. The lowest BCUT2D eigenvalue weighted by Crippen LogP contribution is -2.38. The summed E-state index contributed by atoms with van der Waals surface area (Å²) in [7, 11) is 0. The van der Waals surface area contributed by atoms with Crippen LogP contribution in [-0.2, 0) is 37.0 Å². The zero-order valence-electron chi connectivity index (χ0n) is 27.5.